The second-order valence-corrected chi connectivity index (χ2v) is 7.32. The number of hydrogen-bond acceptors (Lipinski definition) is 4. The molecule has 0 bridgehead atoms. The first-order valence-corrected chi connectivity index (χ1v) is 9.28. The number of nitrogens with one attached hydrogen (secondary N) is 1. The molecule has 3 rings (SSSR count). The van der Waals surface area contributed by atoms with Gasteiger partial charge in [0.05, 0.1) is 13.2 Å². The number of carbonyl (C=O) groups excluding carboxylic acids is 1. The summed E-state index contributed by atoms with van der Waals surface area (Å²) in [5.41, 5.74) is 0.986. The van der Waals surface area contributed by atoms with E-state index in [-0.39, 0.29) is 11.4 Å². The highest BCUT2D eigenvalue weighted by Gasteiger charge is 2.28. The van der Waals surface area contributed by atoms with E-state index in [2.05, 4.69) is 24.1 Å². The lowest BCUT2D eigenvalue weighted by molar-refractivity contribution is -0.121. The van der Waals surface area contributed by atoms with Crippen molar-refractivity contribution in [3.8, 4) is 11.3 Å². The average molecular weight is 356 g/mol. The van der Waals surface area contributed by atoms with Gasteiger partial charge in [0.2, 0.25) is 5.91 Å². The van der Waals surface area contributed by atoms with Crippen molar-refractivity contribution in [1.29, 1.82) is 0 Å². The Balaban J connectivity index is 1.45. The number of morpholine rings is 1. The fraction of sp³-hybridized carbons (Fsp3) is 0.476. The van der Waals surface area contributed by atoms with Gasteiger partial charge in [-0.15, -0.1) is 0 Å². The van der Waals surface area contributed by atoms with Crippen LogP contribution in [0.3, 0.4) is 0 Å². The van der Waals surface area contributed by atoms with Crippen LogP contribution in [-0.4, -0.2) is 49.2 Å². The lowest BCUT2D eigenvalue weighted by Gasteiger charge is -2.40. The Morgan fingerprint density at radius 2 is 1.85 bits per heavy atom. The first kappa shape index (κ1) is 18.7. The summed E-state index contributed by atoms with van der Waals surface area (Å²) in [6, 6.07) is 13.9. The molecule has 0 saturated carbocycles. The van der Waals surface area contributed by atoms with E-state index in [1.54, 1.807) is 0 Å². The molecule has 1 saturated heterocycles. The van der Waals surface area contributed by atoms with E-state index in [1.807, 2.05) is 42.5 Å². The van der Waals surface area contributed by atoms with E-state index in [0.29, 0.717) is 19.4 Å². The molecule has 1 amide bonds. The van der Waals surface area contributed by atoms with Crippen molar-refractivity contribution >= 4 is 5.91 Å². The molecule has 1 aliphatic rings. The van der Waals surface area contributed by atoms with Crippen molar-refractivity contribution in [2.24, 2.45) is 0 Å². The Hall–Kier alpha value is -2.11. The maximum absolute atomic E-state index is 12.2. The van der Waals surface area contributed by atoms with Crippen LogP contribution in [0.2, 0.25) is 0 Å². The van der Waals surface area contributed by atoms with Crippen LogP contribution in [0.4, 0.5) is 0 Å². The number of rotatable bonds is 7. The number of ether oxygens (including phenoxy) is 1. The molecule has 140 valence electrons. The van der Waals surface area contributed by atoms with Gasteiger partial charge in [0.1, 0.15) is 11.5 Å². The van der Waals surface area contributed by atoms with Crippen molar-refractivity contribution in [1.82, 2.24) is 10.2 Å². The van der Waals surface area contributed by atoms with Crippen molar-refractivity contribution in [3.05, 3.63) is 48.2 Å². The van der Waals surface area contributed by atoms with E-state index in [1.165, 1.54) is 0 Å². The SMILES string of the molecule is CC(C)(CNC(=O)CCc1ccc(-c2ccccc2)o1)N1CCOCC1. The quantitative estimate of drug-likeness (QED) is 0.828. The summed E-state index contributed by atoms with van der Waals surface area (Å²) >= 11 is 0. The topological polar surface area (TPSA) is 54.7 Å². The predicted octanol–water partition coefficient (Wildman–Crippen LogP) is 3.11. The highest BCUT2D eigenvalue weighted by molar-refractivity contribution is 5.76. The minimum Gasteiger partial charge on any atom is -0.461 e. The number of nitrogens with zero attached hydrogens (tertiary/aromatic N) is 1. The Kier molecular flexibility index (Phi) is 6.12. The third-order valence-corrected chi connectivity index (χ3v) is 4.90. The van der Waals surface area contributed by atoms with Crippen molar-refractivity contribution in [2.75, 3.05) is 32.8 Å². The summed E-state index contributed by atoms with van der Waals surface area (Å²) in [6.45, 7) is 8.32. The maximum atomic E-state index is 12.2. The van der Waals surface area contributed by atoms with Gasteiger partial charge >= 0.3 is 0 Å². The summed E-state index contributed by atoms with van der Waals surface area (Å²) in [7, 11) is 0. The highest BCUT2D eigenvalue weighted by Crippen LogP contribution is 2.22. The molecule has 1 fully saturated rings. The van der Waals surface area contributed by atoms with Crippen LogP contribution in [0.25, 0.3) is 11.3 Å². The van der Waals surface area contributed by atoms with Gasteiger partial charge in [0.15, 0.2) is 0 Å². The monoisotopic (exact) mass is 356 g/mol. The summed E-state index contributed by atoms with van der Waals surface area (Å²) in [5.74, 6) is 1.74. The zero-order valence-corrected chi connectivity index (χ0v) is 15.7. The summed E-state index contributed by atoms with van der Waals surface area (Å²) in [6.07, 6.45) is 1.04. The van der Waals surface area contributed by atoms with Crippen LogP contribution in [0.15, 0.2) is 46.9 Å². The van der Waals surface area contributed by atoms with Crippen molar-refractivity contribution in [2.45, 2.75) is 32.2 Å². The predicted molar refractivity (Wildman–Crippen MR) is 102 cm³/mol. The van der Waals surface area contributed by atoms with E-state index in [0.717, 1.165) is 43.4 Å². The van der Waals surface area contributed by atoms with Gasteiger partial charge in [0, 0.05) is 43.6 Å². The van der Waals surface area contributed by atoms with Gasteiger partial charge in [-0.25, -0.2) is 0 Å². The number of furan rings is 1. The number of benzene rings is 1. The van der Waals surface area contributed by atoms with Crippen LogP contribution in [0, 0.1) is 0 Å². The smallest absolute Gasteiger partial charge is 0.220 e. The Morgan fingerprint density at radius 1 is 1.12 bits per heavy atom. The molecule has 0 aliphatic carbocycles. The van der Waals surface area contributed by atoms with Crippen LogP contribution in [-0.2, 0) is 16.0 Å². The maximum Gasteiger partial charge on any atom is 0.220 e. The van der Waals surface area contributed by atoms with Crippen LogP contribution in [0.5, 0.6) is 0 Å². The van der Waals surface area contributed by atoms with E-state index in [4.69, 9.17) is 9.15 Å². The number of amides is 1. The normalized spacial score (nSPS) is 15.8. The van der Waals surface area contributed by atoms with E-state index < -0.39 is 0 Å². The largest absolute Gasteiger partial charge is 0.461 e. The number of hydrogen-bond donors (Lipinski definition) is 1. The average Bonchev–Trinajstić information content (AvgIpc) is 3.15. The first-order chi connectivity index (χ1) is 12.5. The van der Waals surface area contributed by atoms with Crippen LogP contribution >= 0.6 is 0 Å². The van der Waals surface area contributed by atoms with Gasteiger partial charge in [0.25, 0.3) is 0 Å². The molecule has 0 unspecified atom stereocenters. The molecule has 1 aromatic carbocycles. The molecule has 0 radical (unpaired) electrons. The minimum atomic E-state index is -0.0649. The third kappa shape index (κ3) is 4.96. The van der Waals surface area contributed by atoms with Crippen LogP contribution < -0.4 is 5.32 Å². The van der Waals surface area contributed by atoms with Gasteiger partial charge in [-0.2, -0.15) is 0 Å². The molecular formula is C21H28N2O3. The molecule has 2 heterocycles. The Bertz CT molecular complexity index is 703. The zero-order chi connectivity index (χ0) is 18.4. The summed E-state index contributed by atoms with van der Waals surface area (Å²) in [5, 5.41) is 3.07. The number of aryl methyl sites for hydroxylation is 1. The molecule has 1 aromatic heterocycles. The standard InChI is InChI=1S/C21H28N2O3/c1-21(2,23-12-14-25-15-13-23)16-22-20(24)11-9-18-8-10-19(26-18)17-6-4-3-5-7-17/h3-8,10H,9,11-16H2,1-2H3,(H,22,24). The van der Waals surface area contributed by atoms with Gasteiger partial charge in [-0.1, -0.05) is 30.3 Å². The molecule has 5 heteroatoms. The first-order valence-electron chi connectivity index (χ1n) is 9.28. The third-order valence-electron chi connectivity index (χ3n) is 4.90. The van der Waals surface area contributed by atoms with E-state index in [9.17, 15) is 4.79 Å². The second kappa shape index (κ2) is 8.52. The fourth-order valence-electron chi connectivity index (χ4n) is 3.19. The summed E-state index contributed by atoms with van der Waals surface area (Å²) < 4.78 is 11.3. The van der Waals surface area contributed by atoms with Gasteiger partial charge in [-0.3, -0.25) is 9.69 Å². The fourth-order valence-corrected chi connectivity index (χ4v) is 3.19. The van der Waals surface area contributed by atoms with Crippen LogP contribution in [0.1, 0.15) is 26.0 Å². The summed E-state index contributed by atoms with van der Waals surface area (Å²) in [4.78, 5) is 14.6. The van der Waals surface area contributed by atoms with E-state index >= 15 is 0 Å². The molecule has 1 N–H and O–H groups in total. The second-order valence-electron chi connectivity index (χ2n) is 7.32. The lowest BCUT2D eigenvalue weighted by Crippen LogP contribution is -2.55. The number of carbonyl (C=O) groups is 1. The molecule has 0 atom stereocenters. The van der Waals surface area contributed by atoms with Crippen molar-refractivity contribution in [3.63, 3.8) is 0 Å². The van der Waals surface area contributed by atoms with Gasteiger partial charge in [-0.05, 0) is 26.0 Å². The molecule has 1 aliphatic heterocycles. The zero-order valence-electron chi connectivity index (χ0n) is 15.7. The molecular weight excluding hydrogens is 328 g/mol. The molecule has 0 spiro atoms. The Labute approximate surface area is 155 Å². The molecule has 26 heavy (non-hydrogen) atoms. The molecule has 5 nitrogen and oxygen atoms in total. The van der Waals surface area contributed by atoms with Crippen molar-refractivity contribution < 1.29 is 13.9 Å². The molecule has 2 aromatic rings. The minimum absolute atomic E-state index is 0.0593. The highest BCUT2D eigenvalue weighted by atomic mass is 16.5. The Morgan fingerprint density at radius 3 is 2.58 bits per heavy atom. The lowest BCUT2D eigenvalue weighted by atomic mass is 10.0. The van der Waals surface area contributed by atoms with Gasteiger partial charge < -0.3 is 14.5 Å².